The molecule has 1 aliphatic heterocycles. The van der Waals surface area contributed by atoms with Gasteiger partial charge in [-0.1, -0.05) is 45.1 Å². The molecule has 3 aromatic rings. The van der Waals surface area contributed by atoms with Crippen LogP contribution in [0.4, 0.5) is 5.13 Å². The van der Waals surface area contributed by atoms with Gasteiger partial charge >= 0.3 is 0 Å². The first-order valence-corrected chi connectivity index (χ1v) is 15.6. The number of carbonyl (C=O) groups excluding carboxylic acids is 1. The summed E-state index contributed by atoms with van der Waals surface area (Å²) in [7, 11) is -3.57. The van der Waals surface area contributed by atoms with E-state index >= 15 is 0 Å². The summed E-state index contributed by atoms with van der Waals surface area (Å²) in [6, 6.07) is 12.6. The predicted octanol–water partition coefficient (Wildman–Crippen LogP) is 5.27. The van der Waals surface area contributed by atoms with Crippen LogP contribution >= 0.6 is 11.3 Å². The number of aryl methyl sites for hydroxylation is 1. The van der Waals surface area contributed by atoms with Crippen LogP contribution in [0, 0.1) is 5.92 Å². The maximum absolute atomic E-state index is 13.8. The smallest absolute Gasteiger partial charge is 0.260 e. The third kappa shape index (κ3) is 6.22. The monoisotopic (exact) mass is 542 g/mol. The summed E-state index contributed by atoms with van der Waals surface area (Å²) in [5, 5.41) is 0.666. The van der Waals surface area contributed by atoms with Gasteiger partial charge in [-0.05, 0) is 80.2 Å². The zero-order valence-electron chi connectivity index (χ0n) is 22.3. The molecule has 4 rings (SSSR count). The van der Waals surface area contributed by atoms with Crippen LogP contribution in [0.25, 0.3) is 10.2 Å². The SMILES string of the molecule is CCc1ccc2nc(N(CCN(CC)CC)C(=O)c3ccc(S(=O)(=O)N4CCCC(C)C4)cc3)sc2c1. The van der Waals surface area contributed by atoms with Crippen molar-refractivity contribution < 1.29 is 13.2 Å². The van der Waals surface area contributed by atoms with Crippen molar-refractivity contribution in [1.29, 1.82) is 0 Å². The summed E-state index contributed by atoms with van der Waals surface area (Å²) in [5.41, 5.74) is 2.58. The number of sulfonamides is 1. The van der Waals surface area contributed by atoms with Crippen LogP contribution in [0.15, 0.2) is 47.4 Å². The molecule has 1 unspecified atom stereocenters. The molecule has 0 spiro atoms. The highest BCUT2D eigenvalue weighted by Gasteiger charge is 2.29. The molecule has 7 nitrogen and oxygen atoms in total. The number of hydrogen-bond donors (Lipinski definition) is 0. The van der Waals surface area contributed by atoms with Crippen molar-refractivity contribution in [1.82, 2.24) is 14.2 Å². The van der Waals surface area contributed by atoms with Gasteiger partial charge in [-0.25, -0.2) is 13.4 Å². The van der Waals surface area contributed by atoms with Crippen LogP contribution in [-0.4, -0.2) is 67.8 Å². The fourth-order valence-electron chi connectivity index (χ4n) is 4.80. The van der Waals surface area contributed by atoms with Gasteiger partial charge in [-0.3, -0.25) is 9.69 Å². The topological polar surface area (TPSA) is 73.8 Å². The van der Waals surface area contributed by atoms with Crippen molar-refractivity contribution in [3.63, 3.8) is 0 Å². The molecule has 1 aromatic heterocycles. The first-order valence-electron chi connectivity index (χ1n) is 13.3. The normalized spacial score (nSPS) is 16.9. The number of fused-ring (bicyclic) bond motifs is 1. The van der Waals surface area contributed by atoms with Gasteiger partial charge < -0.3 is 4.90 Å². The van der Waals surface area contributed by atoms with E-state index in [0.29, 0.717) is 36.2 Å². The second-order valence-corrected chi connectivity index (χ2v) is 12.7. The van der Waals surface area contributed by atoms with E-state index in [1.165, 1.54) is 16.9 Å². The number of carbonyl (C=O) groups is 1. The average molecular weight is 543 g/mol. The van der Waals surface area contributed by atoms with Gasteiger partial charge in [0.2, 0.25) is 10.0 Å². The summed E-state index contributed by atoms with van der Waals surface area (Å²) in [6.07, 6.45) is 2.87. The number of aromatic nitrogens is 1. The Morgan fingerprint density at radius 2 is 1.81 bits per heavy atom. The molecule has 1 atom stereocenters. The Labute approximate surface area is 225 Å². The zero-order chi connectivity index (χ0) is 26.6. The Hall–Kier alpha value is -2.33. The van der Waals surface area contributed by atoms with E-state index in [1.54, 1.807) is 33.5 Å². The predicted molar refractivity (Wildman–Crippen MR) is 152 cm³/mol. The standard InChI is InChI=1S/C28H38N4O3S2/c1-5-22-10-15-25-26(19-22)36-28(29-25)32(18-17-30(6-2)7-3)27(33)23-11-13-24(14-12-23)37(34,35)31-16-8-9-21(4)20-31/h10-15,19,21H,5-9,16-18,20H2,1-4H3. The summed E-state index contributed by atoms with van der Waals surface area (Å²) in [5.74, 6) is 0.184. The molecule has 2 heterocycles. The molecule has 200 valence electrons. The molecule has 1 saturated heterocycles. The van der Waals surface area contributed by atoms with Crippen molar-refractivity contribution >= 4 is 42.6 Å². The van der Waals surface area contributed by atoms with E-state index in [4.69, 9.17) is 4.98 Å². The molecule has 37 heavy (non-hydrogen) atoms. The van der Waals surface area contributed by atoms with Gasteiger partial charge in [0.1, 0.15) is 0 Å². The lowest BCUT2D eigenvalue weighted by Gasteiger charge is -2.30. The number of piperidine rings is 1. The molecule has 0 radical (unpaired) electrons. The van der Waals surface area contributed by atoms with Gasteiger partial charge in [0.25, 0.3) is 5.91 Å². The second-order valence-electron chi connectivity index (χ2n) is 9.77. The molecule has 0 bridgehead atoms. The lowest BCUT2D eigenvalue weighted by molar-refractivity contribution is 0.0983. The van der Waals surface area contributed by atoms with Crippen molar-refractivity contribution in [3.05, 3.63) is 53.6 Å². The molecule has 0 aliphatic carbocycles. The molecular weight excluding hydrogens is 504 g/mol. The Bertz CT molecular complexity index is 1320. The van der Waals surface area contributed by atoms with Crippen LogP contribution < -0.4 is 4.90 Å². The van der Waals surface area contributed by atoms with Crippen molar-refractivity contribution in [3.8, 4) is 0 Å². The average Bonchev–Trinajstić information content (AvgIpc) is 3.34. The van der Waals surface area contributed by atoms with E-state index in [9.17, 15) is 13.2 Å². The number of likely N-dealkylation sites (N-methyl/N-ethyl adjacent to an activating group) is 1. The Balaban J connectivity index is 1.61. The highest BCUT2D eigenvalue weighted by Crippen LogP contribution is 2.31. The van der Waals surface area contributed by atoms with Crippen LogP contribution in [0.5, 0.6) is 0 Å². The summed E-state index contributed by atoms with van der Waals surface area (Å²) in [4.78, 5) is 22.8. The third-order valence-corrected chi connectivity index (χ3v) is 10.1. The second kappa shape index (κ2) is 12.0. The summed E-state index contributed by atoms with van der Waals surface area (Å²) in [6.45, 7) is 12.6. The van der Waals surface area contributed by atoms with Crippen molar-refractivity contribution in [2.24, 2.45) is 5.92 Å². The van der Waals surface area contributed by atoms with E-state index in [0.717, 1.165) is 49.1 Å². The van der Waals surface area contributed by atoms with Crippen molar-refractivity contribution in [2.75, 3.05) is 44.2 Å². The van der Waals surface area contributed by atoms with Crippen LogP contribution in [0.2, 0.25) is 0 Å². The van der Waals surface area contributed by atoms with Crippen molar-refractivity contribution in [2.45, 2.75) is 51.9 Å². The molecule has 1 fully saturated rings. The number of amides is 1. The number of rotatable bonds is 10. The Morgan fingerprint density at radius 3 is 2.46 bits per heavy atom. The van der Waals surface area contributed by atoms with Gasteiger partial charge in [0, 0.05) is 31.7 Å². The highest BCUT2D eigenvalue weighted by molar-refractivity contribution is 7.89. The number of anilines is 1. The summed E-state index contributed by atoms with van der Waals surface area (Å²) >= 11 is 1.52. The minimum atomic E-state index is -3.57. The number of hydrogen-bond acceptors (Lipinski definition) is 6. The van der Waals surface area contributed by atoms with Gasteiger partial charge in [0.05, 0.1) is 15.1 Å². The van der Waals surface area contributed by atoms with E-state index < -0.39 is 10.0 Å². The maximum atomic E-state index is 13.8. The van der Waals surface area contributed by atoms with E-state index in [-0.39, 0.29) is 10.8 Å². The maximum Gasteiger partial charge on any atom is 0.260 e. The quantitative estimate of drug-likeness (QED) is 0.349. The first kappa shape index (κ1) is 27.7. The van der Waals surface area contributed by atoms with E-state index in [1.807, 2.05) is 6.07 Å². The lowest BCUT2D eigenvalue weighted by atomic mass is 10.0. The van der Waals surface area contributed by atoms with E-state index in [2.05, 4.69) is 44.7 Å². The third-order valence-electron chi connectivity index (χ3n) is 7.22. The molecular formula is C28H38N4O3S2. The lowest BCUT2D eigenvalue weighted by Crippen LogP contribution is -2.39. The van der Waals surface area contributed by atoms with Crippen LogP contribution in [0.1, 0.15) is 56.5 Å². The first-order chi connectivity index (χ1) is 17.8. The minimum absolute atomic E-state index is 0.169. The number of benzene rings is 2. The Morgan fingerprint density at radius 1 is 1.08 bits per heavy atom. The zero-order valence-corrected chi connectivity index (χ0v) is 23.9. The largest absolute Gasteiger partial charge is 0.302 e. The molecule has 0 saturated carbocycles. The van der Waals surface area contributed by atoms with Crippen LogP contribution in [0.3, 0.4) is 0 Å². The Kier molecular flexibility index (Phi) is 9.00. The summed E-state index contributed by atoms with van der Waals surface area (Å²) < 4.78 is 29.0. The van der Waals surface area contributed by atoms with Gasteiger partial charge in [-0.15, -0.1) is 0 Å². The fraction of sp³-hybridized carbons (Fsp3) is 0.500. The number of thiazole rings is 1. The molecule has 9 heteroatoms. The molecule has 1 aliphatic rings. The molecule has 1 amide bonds. The van der Waals surface area contributed by atoms with Crippen LogP contribution in [-0.2, 0) is 16.4 Å². The minimum Gasteiger partial charge on any atom is -0.302 e. The fourth-order valence-corrected chi connectivity index (χ4v) is 7.45. The number of nitrogens with zero attached hydrogens (tertiary/aromatic N) is 4. The molecule has 0 N–H and O–H groups in total. The van der Waals surface area contributed by atoms with Gasteiger partial charge in [-0.2, -0.15) is 4.31 Å². The van der Waals surface area contributed by atoms with Gasteiger partial charge in [0.15, 0.2) is 5.13 Å². The molecule has 2 aromatic carbocycles. The highest BCUT2D eigenvalue weighted by atomic mass is 32.2.